The molecular weight excluding hydrogens is 569 g/mol. The third-order valence-electron chi connectivity index (χ3n) is 8.76. The van der Waals surface area contributed by atoms with Crippen molar-refractivity contribution in [2.24, 2.45) is 0 Å². The van der Waals surface area contributed by atoms with Crippen LogP contribution in [0.1, 0.15) is 6.92 Å². The molecule has 3 aromatic heterocycles. The highest BCUT2D eigenvalue weighted by molar-refractivity contribution is 6.83. The predicted octanol–water partition coefficient (Wildman–Crippen LogP) is 9.82. The van der Waals surface area contributed by atoms with Gasteiger partial charge in [0.2, 0.25) is 6.71 Å². The van der Waals surface area contributed by atoms with Crippen LogP contribution in [0.25, 0.3) is 55.1 Å². The first-order valence-electron chi connectivity index (χ1n) is 16.1. The molecular formula is C43H36BN3. The summed E-state index contributed by atoms with van der Waals surface area (Å²) in [6.07, 6.45) is 9.51. The fourth-order valence-electron chi connectivity index (χ4n) is 6.56. The molecule has 0 unspecified atom stereocenters. The van der Waals surface area contributed by atoms with E-state index in [9.17, 15) is 0 Å². The summed E-state index contributed by atoms with van der Waals surface area (Å²) in [4.78, 5) is 5.31. The smallest absolute Gasteiger partial charge is 0.230 e. The van der Waals surface area contributed by atoms with Crippen LogP contribution in [0.2, 0.25) is 6.82 Å². The standard InChI is InChI=1S/C36H26BN3.C7H10/c1-37(25-13-4-2-5-14-25)33-21-12-22-34(38-33)40-32-20-11-9-18-28(32)30-24-23-29-27-17-8-10-19-31(27)39(35(29)36(30)40)26-15-6-3-7-16-26;1-3-5-7-6-4-2/h2-24H,1H3;3-7H,1H2,2H3/b;6-4-,7-5-. The molecule has 0 aliphatic carbocycles. The Balaban J connectivity index is 0.000000455. The second-order valence-corrected chi connectivity index (χ2v) is 11.6. The Morgan fingerprint density at radius 3 is 1.77 bits per heavy atom. The molecule has 3 nitrogen and oxygen atoms in total. The largest absolute Gasteiger partial charge is 0.307 e. The number of benzene rings is 5. The van der Waals surface area contributed by atoms with Crippen molar-refractivity contribution in [1.29, 1.82) is 0 Å². The maximum Gasteiger partial charge on any atom is 0.230 e. The molecule has 0 aliphatic heterocycles. The van der Waals surface area contributed by atoms with Crippen molar-refractivity contribution in [1.82, 2.24) is 14.1 Å². The van der Waals surface area contributed by atoms with Gasteiger partial charge in [-0.05, 0) is 43.3 Å². The first-order chi connectivity index (χ1) is 23.2. The second kappa shape index (κ2) is 13.2. The van der Waals surface area contributed by atoms with E-state index in [2.05, 4.69) is 162 Å². The van der Waals surface area contributed by atoms with Crippen molar-refractivity contribution in [3.05, 3.63) is 176 Å². The molecule has 4 heteroatoms. The zero-order valence-electron chi connectivity index (χ0n) is 26.8. The van der Waals surface area contributed by atoms with Gasteiger partial charge in [-0.25, -0.2) is 4.98 Å². The fourth-order valence-corrected chi connectivity index (χ4v) is 6.56. The SMILES string of the molecule is C=C/C=C\C=C/C.CB(c1ccccc1)c1cccc(-n2c3ccccc3c3ccc4c5ccccc5n(-c5ccccc5)c4c32)n1. The average Bonchev–Trinajstić information content (AvgIpc) is 3.66. The topological polar surface area (TPSA) is 22.8 Å². The van der Waals surface area contributed by atoms with Crippen LogP contribution in [0.15, 0.2) is 176 Å². The van der Waals surface area contributed by atoms with Crippen molar-refractivity contribution in [3.63, 3.8) is 0 Å². The summed E-state index contributed by atoms with van der Waals surface area (Å²) >= 11 is 0. The van der Waals surface area contributed by atoms with E-state index in [1.165, 1.54) is 43.6 Å². The minimum atomic E-state index is 0.185. The number of nitrogens with zero attached hydrogens (tertiary/aromatic N) is 3. The highest BCUT2D eigenvalue weighted by Gasteiger charge is 2.22. The van der Waals surface area contributed by atoms with Crippen molar-refractivity contribution >= 4 is 61.4 Å². The molecule has 0 bridgehead atoms. The number of fused-ring (bicyclic) bond motifs is 7. The molecule has 5 aromatic carbocycles. The number of para-hydroxylation sites is 3. The van der Waals surface area contributed by atoms with E-state index in [1.54, 1.807) is 6.08 Å². The van der Waals surface area contributed by atoms with Crippen LogP contribution in [0, 0.1) is 0 Å². The van der Waals surface area contributed by atoms with E-state index in [0.29, 0.717) is 0 Å². The summed E-state index contributed by atoms with van der Waals surface area (Å²) in [5, 5.41) is 4.95. The van der Waals surface area contributed by atoms with Crippen LogP contribution in [-0.4, -0.2) is 20.8 Å². The Morgan fingerprint density at radius 1 is 0.553 bits per heavy atom. The van der Waals surface area contributed by atoms with Crippen LogP contribution in [0.3, 0.4) is 0 Å². The van der Waals surface area contributed by atoms with E-state index < -0.39 is 0 Å². The van der Waals surface area contributed by atoms with Gasteiger partial charge in [0, 0.05) is 32.8 Å². The molecule has 3 heterocycles. The van der Waals surface area contributed by atoms with Crippen LogP contribution >= 0.6 is 0 Å². The molecule has 0 spiro atoms. The summed E-state index contributed by atoms with van der Waals surface area (Å²) in [5.74, 6) is 0.934. The summed E-state index contributed by atoms with van der Waals surface area (Å²) in [6, 6.07) is 49.7. The number of aromatic nitrogens is 3. The highest BCUT2D eigenvalue weighted by Crippen LogP contribution is 2.41. The van der Waals surface area contributed by atoms with E-state index in [-0.39, 0.29) is 6.71 Å². The van der Waals surface area contributed by atoms with Gasteiger partial charge in [0.25, 0.3) is 0 Å². The molecule has 0 saturated carbocycles. The van der Waals surface area contributed by atoms with Crippen LogP contribution in [-0.2, 0) is 0 Å². The van der Waals surface area contributed by atoms with E-state index in [1.807, 2.05) is 31.2 Å². The Labute approximate surface area is 276 Å². The summed E-state index contributed by atoms with van der Waals surface area (Å²) < 4.78 is 4.78. The second-order valence-electron chi connectivity index (χ2n) is 11.6. The maximum absolute atomic E-state index is 5.31. The van der Waals surface area contributed by atoms with Gasteiger partial charge in [-0.1, -0.05) is 152 Å². The Kier molecular flexibility index (Phi) is 8.40. The average molecular weight is 606 g/mol. The van der Waals surface area contributed by atoms with Crippen LogP contribution < -0.4 is 11.1 Å². The lowest BCUT2D eigenvalue weighted by Crippen LogP contribution is -2.41. The molecule has 0 fully saturated rings. The summed E-state index contributed by atoms with van der Waals surface area (Å²) in [7, 11) is 0. The lowest BCUT2D eigenvalue weighted by atomic mass is 9.44. The minimum Gasteiger partial charge on any atom is -0.307 e. The normalized spacial score (nSPS) is 11.5. The van der Waals surface area contributed by atoms with Gasteiger partial charge in [0.15, 0.2) is 0 Å². The van der Waals surface area contributed by atoms with E-state index in [0.717, 1.165) is 22.6 Å². The van der Waals surface area contributed by atoms with Gasteiger partial charge in [0.1, 0.15) is 5.82 Å². The molecule has 47 heavy (non-hydrogen) atoms. The van der Waals surface area contributed by atoms with Gasteiger partial charge < -0.3 is 4.57 Å². The molecule has 226 valence electrons. The Morgan fingerprint density at radius 2 is 1.13 bits per heavy atom. The maximum atomic E-state index is 5.31. The first-order valence-corrected chi connectivity index (χ1v) is 16.1. The summed E-state index contributed by atoms with van der Waals surface area (Å²) in [6.45, 7) is 7.91. The first kappa shape index (κ1) is 29.8. The molecule has 0 saturated heterocycles. The zero-order chi connectivity index (χ0) is 32.2. The van der Waals surface area contributed by atoms with Crippen molar-refractivity contribution in [2.45, 2.75) is 13.7 Å². The quantitative estimate of drug-likeness (QED) is 0.137. The van der Waals surface area contributed by atoms with Gasteiger partial charge in [-0.3, -0.25) is 4.57 Å². The van der Waals surface area contributed by atoms with Gasteiger partial charge in [-0.15, -0.1) is 0 Å². The van der Waals surface area contributed by atoms with E-state index in [4.69, 9.17) is 4.98 Å². The zero-order valence-corrected chi connectivity index (χ0v) is 26.8. The minimum absolute atomic E-state index is 0.185. The van der Waals surface area contributed by atoms with Crippen molar-refractivity contribution in [3.8, 4) is 11.5 Å². The predicted molar refractivity (Wildman–Crippen MR) is 204 cm³/mol. The van der Waals surface area contributed by atoms with Crippen LogP contribution in [0.5, 0.6) is 0 Å². The lowest BCUT2D eigenvalue weighted by molar-refractivity contribution is 1.09. The van der Waals surface area contributed by atoms with E-state index >= 15 is 0 Å². The molecule has 0 radical (unpaired) electrons. The molecule has 0 amide bonds. The third-order valence-corrected chi connectivity index (χ3v) is 8.76. The number of hydrogen-bond donors (Lipinski definition) is 0. The Bertz CT molecular complexity index is 2400. The Hall–Kier alpha value is -5.87. The third kappa shape index (κ3) is 5.49. The van der Waals surface area contributed by atoms with Gasteiger partial charge in [0.05, 0.1) is 22.1 Å². The van der Waals surface area contributed by atoms with Crippen molar-refractivity contribution < 1.29 is 0 Å². The number of rotatable bonds is 6. The monoisotopic (exact) mass is 605 g/mol. The molecule has 0 atom stereocenters. The number of hydrogen-bond acceptors (Lipinski definition) is 1. The summed E-state index contributed by atoms with van der Waals surface area (Å²) in [5.41, 5.74) is 8.21. The lowest BCUT2D eigenvalue weighted by Gasteiger charge is -2.14. The van der Waals surface area contributed by atoms with Crippen LogP contribution in [0.4, 0.5) is 0 Å². The van der Waals surface area contributed by atoms with Gasteiger partial charge >= 0.3 is 0 Å². The van der Waals surface area contributed by atoms with Gasteiger partial charge in [-0.2, -0.15) is 0 Å². The highest BCUT2D eigenvalue weighted by atomic mass is 15.1. The molecule has 0 N–H and O–H groups in total. The molecule has 8 rings (SSSR count). The molecule has 0 aliphatic rings. The molecule has 8 aromatic rings. The fraction of sp³-hybridized carbons (Fsp3) is 0.0465. The number of allylic oxidation sites excluding steroid dienone is 5. The number of pyridine rings is 1. The van der Waals surface area contributed by atoms with Crippen molar-refractivity contribution in [2.75, 3.05) is 0 Å².